The minimum atomic E-state index is 0.631. The van der Waals surface area contributed by atoms with Crippen LogP contribution in [0.15, 0.2) is 218 Å². The second-order valence-electron chi connectivity index (χ2n) is 17.2. The maximum Gasteiger partial charge on any atom is 0.165 e. The monoisotopic (exact) mass is 856 g/mol. The molecule has 14 rings (SSSR count). The van der Waals surface area contributed by atoms with Crippen LogP contribution in [0.2, 0.25) is 0 Å². The van der Waals surface area contributed by atoms with Gasteiger partial charge in [-0.2, -0.15) is 0 Å². The fourth-order valence-electron chi connectivity index (χ4n) is 10.2. The zero-order valence-electron chi connectivity index (χ0n) is 35.5. The van der Waals surface area contributed by atoms with E-state index in [2.05, 4.69) is 223 Å². The molecule has 0 aliphatic rings. The van der Waals surface area contributed by atoms with Crippen molar-refractivity contribution < 1.29 is 0 Å². The van der Waals surface area contributed by atoms with Crippen molar-refractivity contribution in [3.8, 4) is 51.0 Å². The van der Waals surface area contributed by atoms with E-state index in [0.717, 1.165) is 49.0 Å². The van der Waals surface area contributed by atoms with E-state index in [1.54, 1.807) is 0 Å². The summed E-state index contributed by atoms with van der Waals surface area (Å²) >= 11 is 1.82. The third kappa shape index (κ3) is 5.80. The van der Waals surface area contributed by atoms with Gasteiger partial charge >= 0.3 is 0 Å². The first kappa shape index (κ1) is 36.9. The van der Waals surface area contributed by atoms with Crippen LogP contribution in [-0.2, 0) is 0 Å². The molecule has 0 amide bonds. The molecule has 14 aromatic rings. The minimum absolute atomic E-state index is 0.631. The Kier molecular flexibility index (Phi) is 8.12. The van der Waals surface area contributed by atoms with Gasteiger partial charge in [0.05, 0.1) is 16.7 Å². The van der Waals surface area contributed by atoms with Crippen LogP contribution >= 0.6 is 11.3 Å². The highest BCUT2D eigenvalue weighted by Gasteiger charge is 2.23. The van der Waals surface area contributed by atoms with E-state index >= 15 is 0 Å². The van der Waals surface area contributed by atoms with Gasteiger partial charge in [0.25, 0.3) is 0 Å². The first-order valence-corrected chi connectivity index (χ1v) is 23.1. The van der Waals surface area contributed by atoms with Crippen molar-refractivity contribution in [1.29, 1.82) is 0 Å². The van der Waals surface area contributed by atoms with E-state index in [4.69, 9.17) is 15.0 Å². The molecule has 3 aromatic heterocycles. The van der Waals surface area contributed by atoms with Gasteiger partial charge in [0.15, 0.2) is 17.5 Å². The summed E-state index contributed by atoms with van der Waals surface area (Å²) < 4.78 is 4.86. The van der Waals surface area contributed by atoms with Crippen molar-refractivity contribution >= 4 is 96.4 Å². The van der Waals surface area contributed by atoms with Crippen LogP contribution in [-0.4, -0.2) is 19.5 Å². The van der Waals surface area contributed by atoms with Crippen molar-refractivity contribution in [2.45, 2.75) is 0 Å². The van der Waals surface area contributed by atoms with Crippen molar-refractivity contribution in [1.82, 2.24) is 19.5 Å². The highest BCUT2D eigenvalue weighted by atomic mass is 32.1. The number of rotatable bonds is 5. The molecule has 0 N–H and O–H groups in total. The molecule has 0 saturated carbocycles. The zero-order chi connectivity index (χ0) is 43.3. The lowest BCUT2D eigenvalue weighted by Gasteiger charge is -2.14. The quantitative estimate of drug-likeness (QED) is 0.173. The molecule has 0 aliphatic heterocycles. The van der Waals surface area contributed by atoms with Crippen LogP contribution in [0.5, 0.6) is 0 Å². The average molecular weight is 857 g/mol. The number of nitrogens with zero attached hydrogens (tertiary/aromatic N) is 4. The summed E-state index contributed by atoms with van der Waals surface area (Å²) in [5, 5.41) is 14.4. The molecule has 11 aromatic carbocycles. The van der Waals surface area contributed by atoms with Gasteiger partial charge in [0.2, 0.25) is 0 Å². The SMILES string of the molecule is c1ccc(-c2cccc(-c3nc(-c4cccc5ccccc45)nc(-c4ccc(-n5c6cc7ccccc7cc6c6cc7ccccc7cc65)c5c4sc4cc6ccccc6cc45)n3)c2)cc1. The van der Waals surface area contributed by atoms with Gasteiger partial charge in [-0.05, 0) is 109 Å². The number of benzene rings is 11. The summed E-state index contributed by atoms with van der Waals surface area (Å²) in [7, 11) is 0. The van der Waals surface area contributed by atoms with Crippen LogP contribution in [0.4, 0.5) is 0 Å². The molecule has 0 bridgehead atoms. The normalized spacial score (nSPS) is 11.9. The van der Waals surface area contributed by atoms with E-state index in [1.807, 2.05) is 11.3 Å². The third-order valence-electron chi connectivity index (χ3n) is 13.3. The number of thiophene rings is 1. The second kappa shape index (κ2) is 14.5. The van der Waals surface area contributed by atoms with Crippen LogP contribution < -0.4 is 0 Å². The Balaban J connectivity index is 1.09. The van der Waals surface area contributed by atoms with E-state index in [9.17, 15) is 0 Å². The highest BCUT2D eigenvalue weighted by Crippen LogP contribution is 2.47. The predicted octanol–water partition coefficient (Wildman–Crippen LogP) is 16.6. The van der Waals surface area contributed by atoms with E-state index in [-0.39, 0.29) is 0 Å². The Morgan fingerprint density at radius 2 is 0.818 bits per heavy atom. The Labute approximate surface area is 383 Å². The van der Waals surface area contributed by atoms with Crippen molar-refractivity contribution in [2.24, 2.45) is 0 Å². The smallest absolute Gasteiger partial charge is 0.165 e. The molecule has 5 heteroatoms. The minimum Gasteiger partial charge on any atom is -0.309 e. The largest absolute Gasteiger partial charge is 0.309 e. The molecule has 0 unspecified atom stereocenters. The Morgan fingerprint density at radius 3 is 1.50 bits per heavy atom. The number of fused-ring (bicyclic) bond motifs is 10. The first-order valence-electron chi connectivity index (χ1n) is 22.3. The fraction of sp³-hybridized carbons (Fsp3) is 0. The molecule has 0 radical (unpaired) electrons. The zero-order valence-corrected chi connectivity index (χ0v) is 36.3. The van der Waals surface area contributed by atoms with E-state index < -0.39 is 0 Å². The molecule has 0 aliphatic carbocycles. The molecule has 306 valence electrons. The average Bonchev–Trinajstić information content (AvgIpc) is 3.90. The summed E-state index contributed by atoms with van der Waals surface area (Å²) in [5.74, 6) is 1.91. The van der Waals surface area contributed by atoms with Crippen LogP contribution in [0.25, 0.3) is 136 Å². The molecular formula is C61H36N4S. The van der Waals surface area contributed by atoms with Gasteiger partial charge < -0.3 is 4.57 Å². The number of aromatic nitrogens is 4. The van der Waals surface area contributed by atoms with Gasteiger partial charge in [-0.1, -0.05) is 164 Å². The molecular weight excluding hydrogens is 821 g/mol. The standard InChI is InChI=1S/C61H36N4S/c1-2-14-37(15-3-1)39-24-12-25-46(30-39)59-62-60(48-27-13-23-38-16-10-11-26-47(38)48)64-61(63-59)49-28-29-53(57-52-33-42-19-6-9-22-45(42)36-56(52)66-58(49)57)65-54-34-43-20-7-4-17-40(43)31-50(54)51-32-41-18-5-8-21-44(41)35-55(51)65/h1-36H. The Bertz CT molecular complexity index is 4200. The van der Waals surface area contributed by atoms with Gasteiger partial charge in [-0.25, -0.2) is 15.0 Å². The summed E-state index contributed by atoms with van der Waals surface area (Å²) in [4.78, 5) is 16.2. The van der Waals surface area contributed by atoms with Crippen molar-refractivity contribution in [3.05, 3.63) is 218 Å². The molecule has 0 saturated heterocycles. The van der Waals surface area contributed by atoms with Crippen molar-refractivity contribution in [3.63, 3.8) is 0 Å². The molecule has 0 atom stereocenters. The fourth-order valence-corrected chi connectivity index (χ4v) is 11.5. The summed E-state index contributed by atoms with van der Waals surface area (Å²) in [5.41, 5.74) is 8.60. The molecule has 3 heterocycles. The lowest BCUT2D eigenvalue weighted by Crippen LogP contribution is -2.01. The van der Waals surface area contributed by atoms with Crippen LogP contribution in [0, 0.1) is 0 Å². The lowest BCUT2D eigenvalue weighted by atomic mass is 10.0. The summed E-state index contributed by atoms with van der Waals surface area (Å²) in [6.45, 7) is 0. The van der Waals surface area contributed by atoms with E-state index in [1.165, 1.54) is 69.6 Å². The van der Waals surface area contributed by atoms with Gasteiger partial charge in [-0.3, -0.25) is 0 Å². The maximum atomic E-state index is 5.44. The lowest BCUT2D eigenvalue weighted by molar-refractivity contribution is 1.08. The summed E-state index contributed by atoms with van der Waals surface area (Å²) in [6.07, 6.45) is 0. The van der Waals surface area contributed by atoms with Crippen LogP contribution in [0.1, 0.15) is 0 Å². The first-order chi connectivity index (χ1) is 32.7. The van der Waals surface area contributed by atoms with Crippen molar-refractivity contribution in [2.75, 3.05) is 0 Å². The maximum absolute atomic E-state index is 5.44. The molecule has 66 heavy (non-hydrogen) atoms. The molecule has 0 spiro atoms. The Hall–Kier alpha value is -8.51. The highest BCUT2D eigenvalue weighted by molar-refractivity contribution is 7.26. The van der Waals surface area contributed by atoms with Gasteiger partial charge in [0, 0.05) is 47.6 Å². The number of hydrogen-bond donors (Lipinski definition) is 0. The predicted molar refractivity (Wildman–Crippen MR) is 279 cm³/mol. The topological polar surface area (TPSA) is 43.6 Å². The van der Waals surface area contributed by atoms with Gasteiger partial charge in [0.1, 0.15) is 0 Å². The molecule has 0 fully saturated rings. The van der Waals surface area contributed by atoms with Crippen LogP contribution in [0.3, 0.4) is 0 Å². The third-order valence-corrected chi connectivity index (χ3v) is 14.5. The van der Waals surface area contributed by atoms with E-state index in [0.29, 0.717) is 17.5 Å². The summed E-state index contributed by atoms with van der Waals surface area (Å²) in [6, 6.07) is 78.8. The Morgan fingerprint density at radius 1 is 0.318 bits per heavy atom. The second-order valence-corrected chi connectivity index (χ2v) is 18.2. The van der Waals surface area contributed by atoms with Gasteiger partial charge in [-0.15, -0.1) is 11.3 Å². The number of hydrogen-bond acceptors (Lipinski definition) is 4. The molecule has 4 nitrogen and oxygen atoms in total.